The lowest BCUT2D eigenvalue weighted by Gasteiger charge is -2.09. The number of hydrogen-bond acceptors (Lipinski definition) is 3. The van der Waals surface area contributed by atoms with Crippen LogP contribution >= 0.6 is 11.6 Å². The Hall–Kier alpha value is -2.00. The lowest BCUT2D eigenvalue weighted by molar-refractivity contribution is 0.0601. The Bertz CT molecular complexity index is 596. The fraction of sp³-hybridized carbons (Fsp3) is 0.0714. The van der Waals surface area contributed by atoms with Gasteiger partial charge in [-0.15, -0.1) is 0 Å². The number of carbonyl (C=O) groups is 1. The Balaban J connectivity index is 2.60. The van der Waals surface area contributed by atoms with E-state index in [1.54, 1.807) is 30.3 Å². The van der Waals surface area contributed by atoms with Crippen LogP contribution in [0.3, 0.4) is 0 Å². The lowest BCUT2D eigenvalue weighted by Crippen LogP contribution is -2.04. The van der Waals surface area contributed by atoms with Crippen LogP contribution in [0, 0.1) is 0 Å². The third kappa shape index (κ3) is 2.46. The smallest absolute Gasteiger partial charge is 0.338 e. The van der Waals surface area contributed by atoms with Crippen LogP contribution < -0.4 is 5.73 Å². The van der Waals surface area contributed by atoms with Gasteiger partial charge in [-0.25, -0.2) is 4.79 Å². The molecule has 0 heterocycles. The molecule has 0 aromatic heterocycles. The van der Waals surface area contributed by atoms with Crippen molar-refractivity contribution in [3.63, 3.8) is 0 Å². The monoisotopic (exact) mass is 261 g/mol. The van der Waals surface area contributed by atoms with Crippen molar-refractivity contribution in [2.75, 3.05) is 12.8 Å². The van der Waals surface area contributed by atoms with E-state index in [2.05, 4.69) is 0 Å². The molecule has 2 aromatic rings. The molecular formula is C14H12ClNO2. The molecule has 4 heteroatoms. The fourth-order valence-electron chi connectivity index (χ4n) is 1.75. The molecule has 2 rings (SSSR count). The van der Waals surface area contributed by atoms with Crippen molar-refractivity contribution in [1.29, 1.82) is 0 Å². The van der Waals surface area contributed by atoms with Gasteiger partial charge in [0.05, 0.1) is 12.7 Å². The maximum Gasteiger partial charge on any atom is 0.338 e. The number of ether oxygens (including phenoxy) is 1. The molecule has 0 amide bonds. The van der Waals surface area contributed by atoms with Gasteiger partial charge in [0.15, 0.2) is 0 Å². The number of rotatable bonds is 2. The van der Waals surface area contributed by atoms with Gasteiger partial charge in [-0.3, -0.25) is 0 Å². The standard InChI is InChI=1S/C14H12ClNO2/c1-18-14(17)13-8-11(16)5-6-12(13)9-3-2-4-10(15)7-9/h2-8H,16H2,1H3. The van der Waals surface area contributed by atoms with Crippen molar-refractivity contribution in [1.82, 2.24) is 0 Å². The summed E-state index contributed by atoms with van der Waals surface area (Å²) in [6.45, 7) is 0. The number of nitrogens with two attached hydrogens (primary N) is 1. The molecule has 0 unspecified atom stereocenters. The quantitative estimate of drug-likeness (QED) is 0.666. The van der Waals surface area contributed by atoms with Crippen molar-refractivity contribution < 1.29 is 9.53 Å². The molecule has 2 aromatic carbocycles. The summed E-state index contributed by atoms with van der Waals surface area (Å²) in [6, 6.07) is 12.4. The van der Waals surface area contributed by atoms with Gasteiger partial charge < -0.3 is 10.5 Å². The highest BCUT2D eigenvalue weighted by molar-refractivity contribution is 6.30. The molecule has 0 aliphatic carbocycles. The summed E-state index contributed by atoms with van der Waals surface area (Å²) >= 11 is 5.95. The first-order valence-electron chi connectivity index (χ1n) is 5.35. The molecule has 2 N–H and O–H groups in total. The Labute approximate surface area is 110 Å². The van der Waals surface area contributed by atoms with Crippen LogP contribution in [0.4, 0.5) is 5.69 Å². The largest absolute Gasteiger partial charge is 0.465 e. The Morgan fingerprint density at radius 1 is 1.22 bits per heavy atom. The normalized spacial score (nSPS) is 10.1. The summed E-state index contributed by atoms with van der Waals surface area (Å²) < 4.78 is 4.76. The van der Waals surface area contributed by atoms with E-state index in [0.29, 0.717) is 16.3 Å². The summed E-state index contributed by atoms with van der Waals surface area (Å²) in [6.07, 6.45) is 0. The van der Waals surface area contributed by atoms with Gasteiger partial charge in [0.1, 0.15) is 0 Å². The van der Waals surface area contributed by atoms with Crippen LogP contribution in [-0.4, -0.2) is 13.1 Å². The zero-order chi connectivity index (χ0) is 13.1. The van der Waals surface area contributed by atoms with Gasteiger partial charge >= 0.3 is 5.97 Å². The van der Waals surface area contributed by atoms with Crippen LogP contribution in [0.25, 0.3) is 11.1 Å². The second-order valence-corrected chi connectivity index (χ2v) is 4.24. The van der Waals surface area contributed by atoms with Crippen LogP contribution in [0.2, 0.25) is 5.02 Å². The van der Waals surface area contributed by atoms with E-state index in [9.17, 15) is 4.79 Å². The number of halogens is 1. The summed E-state index contributed by atoms with van der Waals surface area (Å²) in [5, 5.41) is 0.611. The number of nitrogen functional groups attached to an aromatic ring is 1. The first-order valence-corrected chi connectivity index (χ1v) is 5.73. The Morgan fingerprint density at radius 2 is 2.00 bits per heavy atom. The fourth-order valence-corrected chi connectivity index (χ4v) is 1.94. The minimum absolute atomic E-state index is 0.419. The lowest BCUT2D eigenvalue weighted by atomic mass is 9.99. The van der Waals surface area contributed by atoms with Crippen LogP contribution in [0.5, 0.6) is 0 Å². The van der Waals surface area contributed by atoms with E-state index in [4.69, 9.17) is 22.1 Å². The van der Waals surface area contributed by atoms with Gasteiger partial charge in [0.2, 0.25) is 0 Å². The molecule has 0 saturated carbocycles. The number of hydrogen-bond donors (Lipinski definition) is 1. The van der Waals surface area contributed by atoms with Crippen molar-refractivity contribution in [2.24, 2.45) is 0 Å². The van der Waals surface area contributed by atoms with Crippen molar-refractivity contribution in [3.05, 3.63) is 53.1 Å². The summed E-state index contributed by atoms with van der Waals surface area (Å²) in [5.74, 6) is -0.419. The topological polar surface area (TPSA) is 52.3 Å². The minimum Gasteiger partial charge on any atom is -0.465 e. The number of anilines is 1. The second-order valence-electron chi connectivity index (χ2n) is 3.81. The molecule has 0 aliphatic heterocycles. The molecule has 0 spiro atoms. The Kier molecular flexibility index (Phi) is 3.53. The first-order chi connectivity index (χ1) is 8.61. The molecule has 0 atom stereocenters. The number of benzene rings is 2. The van der Waals surface area contributed by atoms with Crippen molar-refractivity contribution in [3.8, 4) is 11.1 Å². The highest BCUT2D eigenvalue weighted by atomic mass is 35.5. The van der Waals surface area contributed by atoms with E-state index in [1.165, 1.54) is 7.11 Å². The van der Waals surface area contributed by atoms with E-state index >= 15 is 0 Å². The highest BCUT2D eigenvalue weighted by Crippen LogP contribution is 2.28. The second kappa shape index (κ2) is 5.10. The summed E-state index contributed by atoms with van der Waals surface area (Å²) in [5.41, 5.74) is 8.24. The van der Waals surface area contributed by atoms with Crippen molar-refractivity contribution in [2.45, 2.75) is 0 Å². The molecule has 0 fully saturated rings. The van der Waals surface area contributed by atoms with Crippen LogP contribution in [0.1, 0.15) is 10.4 Å². The van der Waals surface area contributed by atoms with Crippen LogP contribution in [0.15, 0.2) is 42.5 Å². The predicted octanol–water partition coefficient (Wildman–Crippen LogP) is 3.38. The first kappa shape index (κ1) is 12.5. The molecular weight excluding hydrogens is 250 g/mol. The molecule has 0 bridgehead atoms. The van der Waals surface area contributed by atoms with Crippen LogP contribution in [-0.2, 0) is 4.74 Å². The van der Waals surface area contributed by atoms with Crippen molar-refractivity contribution >= 4 is 23.3 Å². The predicted molar refractivity (Wildman–Crippen MR) is 72.6 cm³/mol. The zero-order valence-electron chi connectivity index (χ0n) is 9.81. The third-order valence-electron chi connectivity index (χ3n) is 2.58. The molecule has 92 valence electrons. The maximum atomic E-state index is 11.7. The molecule has 0 aliphatic rings. The van der Waals surface area contributed by atoms with E-state index < -0.39 is 5.97 Å². The van der Waals surface area contributed by atoms with E-state index in [-0.39, 0.29) is 0 Å². The van der Waals surface area contributed by atoms with E-state index in [0.717, 1.165) is 11.1 Å². The van der Waals surface area contributed by atoms with E-state index in [1.807, 2.05) is 12.1 Å². The zero-order valence-corrected chi connectivity index (χ0v) is 10.6. The molecule has 18 heavy (non-hydrogen) atoms. The number of esters is 1. The SMILES string of the molecule is COC(=O)c1cc(N)ccc1-c1cccc(Cl)c1. The number of carbonyl (C=O) groups excluding carboxylic acids is 1. The van der Waals surface area contributed by atoms with Gasteiger partial charge in [-0.1, -0.05) is 29.8 Å². The molecule has 3 nitrogen and oxygen atoms in total. The van der Waals surface area contributed by atoms with Gasteiger partial charge in [-0.2, -0.15) is 0 Å². The summed E-state index contributed by atoms with van der Waals surface area (Å²) in [4.78, 5) is 11.7. The average Bonchev–Trinajstić information content (AvgIpc) is 2.37. The Morgan fingerprint density at radius 3 is 2.67 bits per heavy atom. The maximum absolute atomic E-state index is 11.7. The summed E-state index contributed by atoms with van der Waals surface area (Å²) in [7, 11) is 1.34. The minimum atomic E-state index is -0.419. The highest BCUT2D eigenvalue weighted by Gasteiger charge is 2.13. The van der Waals surface area contributed by atoms with Gasteiger partial charge in [-0.05, 0) is 35.4 Å². The number of methoxy groups -OCH3 is 1. The van der Waals surface area contributed by atoms with Gasteiger partial charge in [0, 0.05) is 10.7 Å². The third-order valence-corrected chi connectivity index (χ3v) is 2.82. The van der Waals surface area contributed by atoms with Gasteiger partial charge in [0.25, 0.3) is 0 Å². The molecule has 0 radical (unpaired) electrons. The average molecular weight is 262 g/mol. The molecule has 0 saturated heterocycles.